The first-order chi connectivity index (χ1) is 9.95. The van der Waals surface area contributed by atoms with Crippen LogP contribution in [0.2, 0.25) is 0 Å². The van der Waals surface area contributed by atoms with Crippen LogP contribution in [0.3, 0.4) is 0 Å². The quantitative estimate of drug-likeness (QED) is 0.814. The van der Waals surface area contributed by atoms with E-state index in [0.29, 0.717) is 30.9 Å². The van der Waals surface area contributed by atoms with Crippen LogP contribution in [-0.2, 0) is 4.79 Å². The SMILES string of the molecule is CC(=O)c1ccccc1OCCN1CCCC1(C)C(=O)O. The Morgan fingerprint density at radius 3 is 2.76 bits per heavy atom. The summed E-state index contributed by atoms with van der Waals surface area (Å²) in [5, 5.41) is 9.35. The number of carboxylic acids is 1. The van der Waals surface area contributed by atoms with Crippen LogP contribution in [0, 0.1) is 0 Å². The Bertz CT molecular complexity index is 543. The number of hydrogen-bond donors (Lipinski definition) is 1. The van der Waals surface area contributed by atoms with Gasteiger partial charge in [-0.25, -0.2) is 0 Å². The Morgan fingerprint density at radius 2 is 2.10 bits per heavy atom. The number of para-hydroxylation sites is 1. The Kier molecular flexibility index (Phi) is 4.63. The second-order valence-corrected chi connectivity index (χ2v) is 5.57. The molecule has 1 aliphatic rings. The molecule has 1 fully saturated rings. The topological polar surface area (TPSA) is 66.8 Å². The number of rotatable bonds is 6. The number of benzene rings is 1. The minimum atomic E-state index is -0.802. The molecule has 1 heterocycles. The highest BCUT2D eigenvalue weighted by atomic mass is 16.5. The third kappa shape index (κ3) is 3.24. The van der Waals surface area contributed by atoms with Crippen molar-refractivity contribution in [3.05, 3.63) is 29.8 Å². The zero-order valence-electron chi connectivity index (χ0n) is 12.5. The van der Waals surface area contributed by atoms with E-state index in [1.807, 2.05) is 11.0 Å². The van der Waals surface area contributed by atoms with E-state index in [0.717, 1.165) is 13.0 Å². The Labute approximate surface area is 124 Å². The highest BCUT2D eigenvalue weighted by molar-refractivity contribution is 5.96. The fourth-order valence-corrected chi connectivity index (χ4v) is 2.77. The lowest BCUT2D eigenvalue weighted by molar-refractivity contribution is -0.148. The van der Waals surface area contributed by atoms with Crippen molar-refractivity contribution in [3.63, 3.8) is 0 Å². The summed E-state index contributed by atoms with van der Waals surface area (Å²) in [4.78, 5) is 24.8. The van der Waals surface area contributed by atoms with Crippen LogP contribution < -0.4 is 4.74 Å². The summed E-state index contributed by atoms with van der Waals surface area (Å²) in [6, 6.07) is 7.11. The molecular formula is C16H21NO4. The molecule has 2 rings (SSSR count). The number of carbonyl (C=O) groups excluding carboxylic acids is 1. The number of carbonyl (C=O) groups is 2. The van der Waals surface area contributed by atoms with Crippen molar-refractivity contribution in [1.82, 2.24) is 4.90 Å². The van der Waals surface area contributed by atoms with E-state index >= 15 is 0 Å². The van der Waals surface area contributed by atoms with Gasteiger partial charge in [-0.15, -0.1) is 0 Å². The minimum Gasteiger partial charge on any atom is -0.491 e. The van der Waals surface area contributed by atoms with E-state index in [-0.39, 0.29) is 5.78 Å². The first-order valence-corrected chi connectivity index (χ1v) is 7.16. The van der Waals surface area contributed by atoms with Crippen molar-refractivity contribution in [2.24, 2.45) is 0 Å². The highest BCUT2D eigenvalue weighted by Crippen LogP contribution is 2.29. The van der Waals surface area contributed by atoms with Crippen molar-refractivity contribution < 1.29 is 19.4 Å². The third-order valence-corrected chi connectivity index (χ3v) is 4.14. The Morgan fingerprint density at radius 1 is 1.38 bits per heavy atom. The molecule has 5 nitrogen and oxygen atoms in total. The monoisotopic (exact) mass is 291 g/mol. The lowest BCUT2D eigenvalue weighted by Gasteiger charge is -2.30. The van der Waals surface area contributed by atoms with Gasteiger partial charge in [0.05, 0.1) is 5.56 Å². The molecule has 1 aromatic carbocycles. The first-order valence-electron chi connectivity index (χ1n) is 7.16. The largest absolute Gasteiger partial charge is 0.491 e. The predicted molar refractivity (Wildman–Crippen MR) is 78.8 cm³/mol. The fraction of sp³-hybridized carbons (Fsp3) is 0.500. The molecule has 1 atom stereocenters. The molecule has 1 saturated heterocycles. The molecule has 1 unspecified atom stereocenters. The van der Waals surface area contributed by atoms with E-state index in [2.05, 4.69) is 0 Å². The van der Waals surface area contributed by atoms with Gasteiger partial charge in [-0.05, 0) is 45.4 Å². The zero-order chi connectivity index (χ0) is 15.5. The van der Waals surface area contributed by atoms with E-state index in [9.17, 15) is 14.7 Å². The molecule has 0 aliphatic carbocycles. The fourth-order valence-electron chi connectivity index (χ4n) is 2.77. The second-order valence-electron chi connectivity index (χ2n) is 5.57. The van der Waals surface area contributed by atoms with Gasteiger partial charge in [-0.2, -0.15) is 0 Å². The molecule has 21 heavy (non-hydrogen) atoms. The van der Waals surface area contributed by atoms with Crippen molar-refractivity contribution in [1.29, 1.82) is 0 Å². The van der Waals surface area contributed by atoms with Gasteiger partial charge in [-0.3, -0.25) is 14.5 Å². The van der Waals surface area contributed by atoms with Gasteiger partial charge in [0.1, 0.15) is 17.9 Å². The molecule has 0 saturated carbocycles. The summed E-state index contributed by atoms with van der Waals surface area (Å²) in [6.45, 7) is 4.93. The van der Waals surface area contributed by atoms with Gasteiger partial charge < -0.3 is 9.84 Å². The molecule has 0 amide bonds. The molecule has 0 bridgehead atoms. The van der Waals surface area contributed by atoms with Crippen molar-refractivity contribution in [2.45, 2.75) is 32.2 Å². The summed E-state index contributed by atoms with van der Waals surface area (Å²) in [5.41, 5.74) is -0.247. The van der Waals surface area contributed by atoms with E-state index in [1.54, 1.807) is 25.1 Å². The van der Waals surface area contributed by atoms with Crippen LogP contribution >= 0.6 is 0 Å². The number of aliphatic carboxylic acids is 1. The smallest absolute Gasteiger partial charge is 0.323 e. The highest BCUT2D eigenvalue weighted by Gasteiger charge is 2.42. The van der Waals surface area contributed by atoms with Gasteiger partial charge in [0.15, 0.2) is 5.78 Å². The van der Waals surface area contributed by atoms with Crippen LogP contribution in [-0.4, -0.2) is 47.0 Å². The molecule has 1 N–H and O–H groups in total. The minimum absolute atomic E-state index is 0.0397. The number of likely N-dealkylation sites (tertiary alicyclic amines) is 1. The van der Waals surface area contributed by atoms with E-state index in [1.165, 1.54) is 6.92 Å². The van der Waals surface area contributed by atoms with Gasteiger partial charge in [0, 0.05) is 6.54 Å². The molecule has 0 radical (unpaired) electrons. The summed E-state index contributed by atoms with van der Waals surface area (Å²) in [7, 11) is 0. The van der Waals surface area contributed by atoms with Crippen LogP contribution in [0.15, 0.2) is 24.3 Å². The zero-order valence-corrected chi connectivity index (χ0v) is 12.5. The van der Waals surface area contributed by atoms with Crippen LogP contribution in [0.4, 0.5) is 0 Å². The van der Waals surface area contributed by atoms with Gasteiger partial charge >= 0.3 is 5.97 Å². The number of hydrogen-bond acceptors (Lipinski definition) is 4. The van der Waals surface area contributed by atoms with E-state index < -0.39 is 11.5 Å². The first kappa shape index (κ1) is 15.5. The molecule has 1 aromatic rings. The van der Waals surface area contributed by atoms with Crippen LogP contribution in [0.25, 0.3) is 0 Å². The predicted octanol–water partition coefficient (Wildman–Crippen LogP) is 2.21. The maximum atomic E-state index is 11.5. The van der Waals surface area contributed by atoms with Crippen molar-refractivity contribution in [3.8, 4) is 5.75 Å². The molecule has 0 aromatic heterocycles. The van der Waals surface area contributed by atoms with Gasteiger partial charge in [0.25, 0.3) is 0 Å². The maximum Gasteiger partial charge on any atom is 0.323 e. The van der Waals surface area contributed by atoms with Crippen molar-refractivity contribution >= 4 is 11.8 Å². The Hall–Kier alpha value is -1.88. The molecule has 0 spiro atoms. The number of Topliss-reactive ketones (excluding diaryl/α,β-unsaturated/α-hetero) is 1. The van der Waals surface area contributed by atoms with Crippen LogP contribution in [0.1, 0.15) is 37.0 Å². The summed E-state index contributed by atoms with van der Waals surface area (Å²) in [6.07, 6.45) is 1.54. The van der Waals surface area contributed by atoms with E-state index in [4.69, 9.17) is 4.74 Å². The normalized spacial score (nSPS) is 22.2. The summed E-state index contributed by atoms with van der Waals surface area (Å²) < 4.78 is 5.68. The number of ether oxygens (including phenoxy) is 1. The number of carboxylic acid groups (broad SMARTS) is 1. The summed E-state index contributed by atoms with van der Waals surface area (Å²) >= 11 is 0. The molecule has 1 aliphatic heterocycles. The lowest BCUT2D eigenvalue weighted by atomic mass is 9.99. The third-order valence-electron chi connectivity index (χ3n) is 4.14. The lowest BCUT2D eigenvalue weighted by Crippen LogP contribution is -2.49. The van der Waals surface area contributed by atoms with Gasteiger partial charge in [-0.1, -0.05) is 12.1 Å². The molecular weight excluding hydrogens is 270 g/mol. The van der Waals surface area contributed by atoms with Crippen molar-refractivity contribution in [2.75, 3.05) is 19.7 Å². The maximum absolute atomic E-state index is 11.5. The summed E-state index contributed by atoms with van der Waals surface area (Å²) in [5.74, 6) is -0.271. The number of ketones is 1. The average Bonchev–Trinajstić information content (AvgIpc) is 2.82. The molecule has 5 heteroatoms. The second kappa shape index (κ2) is 6.26. The standard InChI is InChI=1S/C16H21NO4/c1-12(18)13-6-3-4-7-14(13)21-11-10-17-9-5-8-16(17,2)15(19)20/h3-4,6-7H,5,8-11H2,1-2H3,(H,19,20). The van der Waals surface area contributed by atoms with Crippen LogP contribution in [0.5, 0.6) is 5.75 Å². The molecule has 114 valence electrons. The Balaban J connectivity index is 1.96. The number of nitrogens with zero attached hydrogens (tertiary/aromatic N) is 1. The van der Waals surface area contributed by atoms with Gasteiger partial charge in [0.2, 0.25) is 0 Å². The average molecular weight is 291 g/mol.